The number of nitro benzene ring substituents is 1. The van der Waals surface area contributed by atoms with Crippen LogP contribution in [0.15, 0.2) is 70.2 Å². The number of furan rings is 1. The number of nitrogens with one attached hydrogen (secondary N) is 1. The van der Waals surface area contributed by atoms with Crippen LogP contribution in [0.5, 0.6) is 0 Å². The van der Waals surface area contributed by atoms with Crippen molar-refractivity contribution < 1.29 is 14.1 Å². The highest BCUT2D eigenvalue weighted by Gasteiger charge is 2.16. The maximum Gasteiger partial charge on any atom is 0.280 e. The molecule has 1 N–H and O–H groups in total. The molecule has 26 heavy (non-hydrogen) atoms. The van der Waals surface area contributed by atoms with Gasteiger partial charge in [-0.2, -0.15) is 5.10 Å². The fraction of sp³-hybridized carbons (Fsp3) is 0. The first-order valence-corrected chi connectivity index (χ1v) is 8.55. The molecule has 1 heterocycles. The van der Waals surface area contributed by atoms with E-state index in [1.807, 2.05) is 6.07 Å². The number of hydrogen-bond donors (Lipinski definition) is 1. The Hall–Kier alpha value is -3.01. The SMILES string of the molecule is O=C(N/N=C\c1ccc(-c2ccccc2[N+](=O)[O-])o1)c1cccc(I)c1. The Morgan fingerprint density at radius 1 is 1.15 bits per heavy atom. The van der Waals surface area contributed by atoms with Gasteiger partial charge in [-0.25, -0.2) is 5.43 Å². The fourth-order valence-corrected chi connectivity index (χ4v) is 2.80. The maximum atomic E-state index is 12.0. The third-order valence-corrected chi connectivity index (χ3v) is 4.11. The smallest absolute Gasteiger partial charge is 0.280 e. The molecule has 0 aliphatic heterocycles. The Labute approximate surface area is 162 Å². The molecule has 0 atom stereocenters. The molecule has 0 spiro atoms. The summed E-state index contributed by atoms with van der Waals surface area (Å²) in [7, 11) is 0. The molecular weight excluding hydrogens is 449 g/mol. The summed E-state index contributed by atoms with van der Waals surface area (Å²) in [6.45, 7) is 0. The summed E-state index contributed by atoms with van der Waals surface area (Å²) >= 11 is 2.12. The normalized spacial score (nSPS) is 10.8. The van der Waals surface area contributed by atoms with E-state index < -0.39 is 4.92 Å². The van der Waals surface area contributed by atoms with Crippen LogP contribution in [0.2, 0.25) is 0 Å². The summed E-state index contributed by atoms with van der Waals surface area (Å²) in [6, 6.07) is 16.6. The summed E-state index contributed by atoms with van der Waals surface area (Å²) in [5, 5.41) is 15.0. The van der Waals surface area contributed by atoms with E-state index in [1.165, 1.54) is 12.3 Å². The lowest BCUT2D eigenvalue weighted by molar-refractivity contribution is -0.384. The molecule has 130 valence electrons. The molecule has 7 nitrogen and oxygen atoms in total. The van der Waals surface area contributed by atoms with Crippen LogP contribution in [0.1, 0.15) is 16.1 Å². The lowest BCUT2D eigenvalue weighted by Crippen LogP contribution is -2.17. The Balaban J connectivity index is 1.72. The Kier molecular flexibility index (Phi) is 5.42. The molecule has 0 aliphatic carbocycles. The van der Waals surface area contributed by atoms with Crippen molar-refractivity contribution in [2.24, 2.45) is 5.10 Å². The van der Waals surface area contributed by atoms with E-state index in [9.17, 15) is 14.9 Å². The first-order chi connectivity index (χ1) is 12.5. The number of amides is 1. The molecule has 1 aromatic heterocycles. The second-order valence-electron chi connectivity index (χ2n) is 5.19. The molecule has 0 fully saturated rings. The van der Waals surface area contributed by atoms with Gasteiger partial charge in [0.1, 0.15) is 11.5 Å². The van der Waals surface area contributed by atoms with Crippen molar-refractivity contribution in [2.45, 2.75) is 0 Å². The van der Waals surface area contributed by atoms with E-state index in [0.29, 0.717) is 22.6 Å². The van der Waals surface area contributed by atoms with E-state index in [0.717, 1.165) is 3.57 Å². The van der Waals surface area contributed by atoms with Gasteiger partial charge in [-0.1, -0.05) is 18.2 Å². The number of carbonyl (C=O) groups is 1. The molecule has 0 aliphatic rings. The van der Waals surface area contributed by atoms with Crippen molar-refractivity contribution in [3.63, 3.8) is 0 Å². The standard InChI is InChI=1S/C18H12IN3O4/c19-13-5-3-4-12(10-13)18(23)21-20-11-14-8-9-17(26-14)15-6-1-2-7-16(15)22(24)25/h1-11H,(H,21,23)/b20-11-. The maximum absolute atomic E-state index is 12.0. The highest BCUT2D eigenvalue weighted by molar-refractivity contribution is 14.1. The zero-order chi connectivity index (χ0) is 18.5. The van der Waals surface area contributed by atoms with Crippen molar-refractivity contribution >= 4 is 40.4 Å². The van der Waals surface area contributed by atoms with Crippen LogP contribution in [0.25, 0.3) is 11.3 Å². The monoisotopic (exact) mass is 461 g/mol. The van der Waals surface area contributed by atoms with E-state index in [2.05, 4.69) is 33.1 Å². The van der Waals surface area contributed by atoms with Crippen molar-refractivity contribution in [3.05, 3.63) is 85.7 Å². The van der Waals surface area contributed by atoms with E-state index in [1.54, 1.807) is 48.5 Å². The molecule has 0 saturated carbocycles. The van der Waals surface area contributed by atoms with Gasteiger partial charge < -0.3 is 4.42 Å². The number of para-hydroxylation sites is 1. The third-order valence-electron chi connectivity index (χ3n) is 3.44. The predicted molar refractivity (Wildman–Crippen MR) is 105 cm³/mol. The van der Waals surface area contributed by atoms with Gasteiger partial charge in [0.25, 0.3) is 11.6 Å². The molecule has 3 aromatic rings. The van der Waals surface area contributed by atoms with Gasteiger partial charge in [-0.3, -0.25) is 14.9 Å². The van der Waals surface area contributed by atoms with Crippen LogP contribution in [-0.4, -0.2) is 17.0 Å². The van der Waals surface area contributed by atoms with Crippen LogP contribution >= 0.6 is 22.6 Å². The lowest BCUT2D eigenvalue weighted by Gasteiger charge is -2.00. The van der Waals surface area contributed by atoms with Crippen LogP contribution in [-0.2, 0) is 0 Å². The minimum atomic E-state index is -0.465. The molecule has 2 aromatic carbocycles. The third kappa shape index (κ3) is 4.14. The van der Waals surface area contributed by atoms with Gasteiger partial charge >= 0.3 is 0 Å². The number of benzene rings is 2. The summed E-state index contributed by atoms with van der Waals surface area (Å²) in [5.41, 5.74) is 3.24. The Morgan fingerprint density at radius 3 is 2.73 bits per heavy atom. The first kappa shape index (κ1) is 17.8. The summed E-state index contributed by atoms with van der Waals surface area (Å²) in [4.78, 5) is 22.6. The number of hydrazone groups is 1. The lowest BCUT2D eigenvalue weighted by atomic mass is 10.1. The van der Waals surface area contributed by atoms with Crippen molar-refractivity contribution in [1.29, 1.82) is 0 Å². The molecule has 8 heteroatoms. The van der Waals surface area contributed by atoms with Crippen LogP contribution in [0.3, 0.4) is 0 Å². The van der Waals surface area contributed by atoms with E-state index in [-0.39, 0.29) is 11.6 Å². The number of hydrogen-bond acceptors (Lipinski definition) is 5. The van der Waals surface area contributed by atoms with E-state index >= 15 is 0 Å². The quantitative estimate of drug-likeness (QED) is 0.266. The van der Waals surface area contributed by atoms with Crippen LogP contribution in [0, 0.1) is 13.7 Å². The zero-order valence-electron chi connectivity index (χ0n) is 13.3. The molecular formula is C18H12IN3O4. The summed E-state index contributed by atoms with van der Waals surface area (Å²) in [6.07, 6.45) is 1.34. The average Bonchev–Trinajstić information content (AvgIpc) is 3.10. The molecule has 0 unspecified atom stereocenters. The zero-order valence-corrected chi connectivity index (χ0v) is 15.4. The van der Waals surface area contributed by atoms with Gasteiger partial charge in [-0.15, -0.1) is 0 Å². The van der Waals surface area contributed by atoms with Gasteiger partial charge in [0.2, 0.25) is 0 Å². The summed E-state index contributed by atoms with van der Waals surface area (Å²) in [5.74, 6) is 0.369. The summed E-state index contributed by atoms with van der Waals surface area (Å²) < 4.78 is 6.50. The first-order valence-electron chi connectivity index (χ1n) is 7.47. The van der Waals surface area contributed by atoms with Crippen molar-refractivity contribution in [1.82, 2.24) is 5.43 Å². The second-order valence-corrected chi connectivity index (χ2v) is 6.43. The highest BCUT2D eigenvalue weighted by Crippen LogP contribution is 2.30. The highest BCUT2D eigenvalue weighted by atomic mass is 127. The number of rotatable bonds is 5. The van der Waals surface area contributed by atoms with Gasteiger partial charge in [0.15, 0.2) is 0 Å². The van der Waals surface area contributed by atoms with Crippen molar-refractivity contribution in [3.8, 4) is 11.3 Å². The van der Waals surface area contributed by atoms with Crippen LogP contribution < -0.4 is 5.43 Å². The predicted octanol–water partition coefficient (Wildman–Crippen LogP) is 4.22. The second kappa shape index (κ2) is 7.91. The molecule has 0 saturated heterocycles. The Morgan fingerprint density at radius 2 is 1.96 bits per heavy atom. The number of nitrogens with zero attached hydrogens (tertiary/aromatic N) is 2. The number of halogens is 1. The molecule has 0 radical (unpaired) electrons. The minimum Gasteiger partial charge on any atom is -0.455 e. The van der Waals surface area contributed by atoms with Crippen molar-refractivity contribution in [2.75, 3.05) is 0 Å². The van der Waals surface area contributed by atoms with Gasteiger partial charge in [0, 0.05) is 15.2 Å². The van der Waals surface area contributed by atoms with Crippen LogP contribution in [0.4, 0.5) is 5.69 Å². The topological polar surface area (TPSA) is 97.7 Å². The Bertz CT molecular complexity index is 997. The molecule has 1 amide bonds. The molecule has 3 rings (SSSR count). The molecule has 0 bridgehead atoms. The number of carbonyl (C=O) groups excluding carboxylic acids is 1. The minimum absolute atomic E-state index is 0.0441. The average molecular weight is 461 g/mol. The van der Waals surface area contributed by atoms with Gasteiger partial charge in [0.05, 0.1) is 16.7 Å². The number of nitro groups is 1. The largest absolute Gasteiger partial charge is 0.455 e. The van der Waals surface area contributed by atoms with E-state index in [4.69, 9.17) is 4.42 Å². The fourth-order valence-electron chi connectivity index (χ4n) is 2.26. The van der Waals surface area contributed by atoms with Gasteiger partial charge in [-0.05, 0) is 59.0 Å².